The van der Waals surface area contributed by atoms with Crippen molar-refractivity contribution in [3.05, 3.63) is 0 Å². The number of ether oxygens (including phenoxy) is 1. The molecule has 1 aliphatic carbocycles. The van der Waals surface area contributed by atoms with Gasteiger partial charge in [-0.25, -0.2) is 4.79 Å². The van der Waals surface area contributed by atoms with Gasteiger partial charge in [-0.2, -0.15) is 0 Å². The number of morpholine rings is 1. The molecule has 2 rings (SSSR count). The van der Waals surface area contributed by atoms with Crippen molar-refractivity contribution in [3.63, 3.8) is 0 Å². The van der Waals surface area contributed by atoms with Crippen molar-refractivity contribution < 1.29 is 9.53 Å². The molecule has 0 aromatic carbocycles. The molecule has 1 aliphatic heterocycles. The molecular formula is C16H31N3O2. The first kappa shape index (κ1) is 16.6. The van der Waals surface area contributed by atoms with Gasteiger partial charge in [0.05, 0.1) is 12.7 Å². The third kappa shape index (κ3) is 6.22. The summed E-state index contributed by atoms with van der Waals surface area (Å²) in [5.41, 5.74) is 0. The molecule has 0 spiro atoms. The normalized spacial score (nSPS) is 25.0. The number of nitrogens with one attached hydrogen (secondary N) is 2. The standard InChI is InChI=1S/C16H31N3O2/c1-13(2)11-19-8-9-21-15(12-19)10-17-16(20)18-14-6-4-3-5-7-14/h13-15H,3-12H2,1-2H3,(H2,17,18,20)/t15-/m1/s1. The zero-order valence-corrected chi connectivity index (χ0v) is 13.6. The quantitative estimate of drug-likeness (QED) is 0.816. The van der Waals surface area contributed by atoms with Crippen molar-refractivity contribution in [2.45, 2.75) is 58.1 Å². The van der Waals surface area contributed by atoms with Gasteiger partial charge in [-0.05, 0) is 18.8 Å². The van der Waals surface area contributed by atoms with E-state index in [1.165, 1.54) is 19.3 Å². The minimum atomic E-state index is -0.0357. The summed E-state index contributed by atoms with van der Waals surface area (Å²) in [6, 6.07) is 0.329. The first-order valence-electron chi connectivity index (χ1n) is 8.52. The fourth-order valence-electron chi connectivity index (χ4n) is 3.28. The molecule has 0 radical (unpaired) electrons. The molecule has 1 saturated carbocycles. The lowest BCUT2D eigenvalue weighted by atomic mass is 9.96. The lowest BCUT2D eigenvalue weighted by molar-refractivity contribution is -0.0290. The van der Waals surface area contributed by atoms with E-state index < -0.39 is 0 Å². The number of hydrogen-bond acceptors (Lipinski definition) is 3. The Labute approximate surface area is 128 Å². The SMILES string of the molecule is CC(C)CN1CCO[C@H](CNC(=O)NC2CCCCC2)C1. The largest absolute Gasteiger partial charge is 0.374 e. The summed E-state index contributed by atoms with van der Waals surface area (Å²) in [7, 11) is 0. The molecule has 2 amide bonds. The summed E-state index contributed by atoms with van der Waals surface area (Å²) in [4.78, 5) is 14.4. The number of amides is 2. The molecule has 2 N–H and O–H groups in total. The Bertz CT molecular complexity index is 317. The van der Waals surface area contributed by atoms with Crippen LogP contribution in [-0.4, -0.2) is 55.9 Å². The molecule has 5 heteroatoms. The van der Waals surface area contributed by atoms with E-state index in [2.05, 4.69) is 29.4 Å². The highest BCUT2D eigenvalue weighted by atomic mass is 16.5. The molecule has 1 heterocycles. The van der Waals surface area contributed by atoms with Crippen LogP contribution >= 0.6 is 0 Å². The summed E-state index contributed by atoms with van der Waals surface area (Å²) in [6.07, 6.45) is 6.14. The van der Waals surface area contributed by atoms with Gasteiger partial charge >= 0.3 is 6.03 Å². The number of urea groups is 1. The van der Waals surface area contributed by atoms with E-state index in [9.17, 15) is 4.79 Å². The van der Waals surface area contributed by atoms with Crippen LogP contribution in [-0.2, 0) is 4.74 Å². The average molecular weight is 297 g/mol. The summed E-state index contributed by atoms with van der Waals surface area (Å²) < 4.78 is 5.75. The van der Waals surface area contributed by atoms with E-state index in [1.807, 2.05) is 0 Å². The number of carbonyl (C=O) groups is 1. The van der Waals surface area contributed by atoms with E-state index in [1.54, 1.807) is 0 Å². The molecule has 21 heavy (non-hydrogen) atoms. The van der Waals surface area contributed by atoms with Crippen LogP contribution in [0, 0.1) is 5.92 Å². The molecule has 122 valence electrons. The lowest BCUT2D eigenvalue weighted by Gasteiger charge is -2.34. The molecule has 0 bridgehead atoms. The highest BCUT2D eigenvalue weighted by Gasteiger charge is 2.22. The van der Waals surface area contributed by atoms with Crippen molar-refractivity contribution in [2.24, 2.45) is 5.92 Å². The van der Waals surface area contributed by atoms with Crippen LogP contribution < -0.4 is 10.6 Å². The number of rotatable bonds is 5. The molecule has 1 saturated heterocycles. The van der Waals surface area contributed by atoms with E-state index in [4.69, 9.17) is 4.74 Å². The van der Waals surface area contributed by atoms with Crippen LogP contribution in [0.15, 0.2) is 0 Å². The zero-order valence-electron chi connectivity index (χ0n) is 13.6. The van der Waals surface area contributed by atoms with E-state index in [-0.39, 0.29) is 12.1 Å². The van der Waals surface area contributed by atoms with E-state index in [0.717, 1.165) is 39.1 Å². The zero-order chi connectivity index (χ0) is 15.1. The van der Waals surface area contributed by atoms with Gasteiger partial charge in [0.1, 0.15) is 0 Å². The maximum atomic E-state index is 11.9. The number of nitrogens with zero attached hydrogens (tertiary/aromatic N) is 1. The van der Waals surface area contributed by atoms with Crippen LogP contribution in [0.3, 0.4) is 0 Å². The van der Waals surface area contributed by atoms with Crippen LogP contribution in [0.4, 0.5) is 4.79 Å². The van der Waals surface area contributed by atoms with Gasteiger partial charge in [-0.15, -0.1) is 0 Å². The summed E-state index contributed by atoms with van der Waals surface area (Å²) in [5, 5.41) is 6.05. The third-order valence-corrected chi connectivity index (χ3v) is 4.28. The van der Waals surface area contributed by atoms with Gasteiger partial charge < -0.3 is 15.4 Å². The predicted molar refractivity (Wildman–Crippen MR) is 84.4 cm³/mol. The lowest BCUT2D eigenvalue weighted by Crippen LogP contribution is -2.51. The molecule has 2 aliphatic rings. The third-order valence-electron chi connectivity index (χ3n) is 4.28. The van der Waals surface area contributed by atoms with Gasteiger partial charge in [0.2, 0.25) is 0 Å². The summed E-state index contributed by atoms with van der Waals surface area (Å²) >= 11 is 0. The van der Waals surface area contributed by atoms with Crippen molar-refractivity contribution in [1.82, 2.24) is 15.5 Å². The van der Waals surface area contributed by atoms with Gasteiger partial charge in [0, 0.05) is 32.2 Å². The molecule has 5 nitrogen and oxygen atoms in total. The van der Waals surface area contributed by atoms with E-state index in [0.29, 0.717) is 18.5 Å². The first-order valence-corrected chi connectivity index (χ1v) is 8.52. The topological polar surface area (TPSA) is 53.6 Å². The van der Waals surface area contributed by atoms with Crippen molar-refractivity contribution in [3.8, 4) is 0 Å². The highest BCUT2D eigenvalue weighted by Crippen LogP contribution is 2.17. The monoisotopic (exact) mass is 297 g/mol. The smallest absolute Gasteiger partial charge is 0.315 e. The minimum Gasteiger partial charge on any atom is -0.374 e. The molecule has 1 atom stereocenters. The molecular weight excluding hydrogens is 266 g/mol. The fourth-order valence-corrected chi connectivity index (χ4v) is 3.28. The Morgan fingerprint density at radius 1 is 1.29 bits per heavy atom. The number of hydrogen-bond donors (Lipinski definition) is 2. The molecule has 0 aromatic heterocycles. The molecule has 0 aromatic rings. The van der Waals surface area contributed by atoms with Gasteiger partial charge in [-0.3, -0.25) is 4.90 Å². The Morgan fingerprint density at radius 2 is 2.05 bits per heavy atom. The minimum absolute atomic E-state index is 0.0357. The van der Waals surface area contributed by atoms with Crippen molar-refractivity contribution in [1.29, 1.82) is 0 Å². The van der Waals surface area contributed by atoms with Crippen molar-refractivity contribution in [2.75, 3.05) is 32.8 Å². The van der Waals surface area contributed by atoms with Crippen LogP contribution in [0.2, 0.25) is 0 Å². The second-order valence-corrected chi connectivity index (χ2v) is 6.84. The summed E-state index contributed by atoms with van der Waals surface area (Å²) in [6.45, 7) is 8.87. The Hall–Kier alpha value is -0.810. The highest BCUT2D eigenvalue weighted by molar-refractivity contribution is 5.74. The van der Waals surface area contributed by atoms with Gasteiger partial charge in [0.25, 0.3) is 0 Å². The Kier molecular flexibility index (Phi) is 6.77. The second-order valence-electron chi connectivity index (χ2n) is 6.84. The second kappa shape index (κ2) is 8.59. The van der Waals surface area contributed by atoms with Gasteiger partial charge in [0.15, 0.2) is 0 Å². The Balaban J connectivity index is 1.63. The maximum absolute atomic E-state index is 11.9. The Morgan fingerprint density at radius 3 is 2.76 bits per heavy atom. The summed E-state index contributed by atoms with van der Waals surface area (Å²) in [5.74, 6) is 0.673. The van der Waals surface area contributed by atoms with Crippen LogP contribution in [0.25, 0.3) is 0 Å². The number of carbonyl (C=O) groups excluding carboxylic acids is 1. The molecule has 2 fully saturated rings. The van der Waals surface area contributed by atoms with Gasteiger partial charge in [-0.1, -0.05) is 33.1 Å². The van der Waals surface area contributed by atoms with Crippen LogP contribution in [0.1, 0.15) is 46.0 Å². The fraction of sp³-hybridized carbons (Fsp3) is 0.938. The first-order chi connectivity index (χ1) is 10.1. The van der Waals surface area contributed by atoms with E-state index >= 15 is 0 Å². The maximum Gasteiger partial charge on any atom is 0.315 e. The predicted octanol–water partition coefficient (Wildman–Crippen LogP) is 1.98. The molecule has 0 unspecified atom stereocenters. The average Bonchev–Trinajstić information content (AvgIpc) is 2.46. The van der Waals surface area contributed by atoms with Crippen molar-refractivity contribution >= 4 is 6.03 Å². The van der Waals surface area contributed by atoms with Crippen LogP contribution in [0.5, 0.6) is 0 Å².